The summed E-state index contributed by atoms with van der Waals surface area (Å²) in [5.41, 5.74) is 2.97. The van der Waals surface area contributed by atoms with E-state index < -0.39 is 0 Å². The number of pyridine rings is 1. The van der Waals surface area contributed by atoms with Gasteiger partial charge in [0.05, 0.1) is 5.56 Å². The van der Waals surface area contributed by atoms with E-state index in [0.29, 0.717) is 12.1 Å². The summed E-state index contributed by atoms with van der Waals surface area (Å²) in [4.78, 5) is 16.0. The number of aromatic nitrogens is 1. The molecule has 0 aliphatic carbocycles. The van der Waals surface area contributed by atoms with Crippen molar-refractivity contribution in [1.82, 2.24) is 10.3 Å². The summed E-state index contributed by atoms with van der Waals surface area (Å²) in [7, 11) is 0. The Hall–Kier alpha value is -1.68. The van der Waals surface area contributed by atoms with Crippen LogP contribution in [0.25, 0.3) is 0 Å². The fraction of sp³-hybridized carbons (Fsp3) is 0.200. The van der Waals surface area contributed by atoms with Gasteiger partial charge in [0, 0.05) is 23.4 Å². The summed E-state index contributed by atoms with van der Waals surface area (Å²) in [5, 5.41) is 2.92. The zero-order valence-electron chi connectivity index (χ0n) is 10.7. The van der Waals surface area contributed by atoms with E-state index in [9.17, 15) is 4.79 Å². The molecule has 0 bridgehead atoms. The zero-order valence-corrected chi connectivity index (χ0v) is 12.3. The summed E-state index contributed by atoms with van der Waals surface area (Å²) in [6.07, 6.45) is 4.18. The first kappa shape index (κ1) is 13.7. The van der Waals surface area contributed by atoms with Crippen LogP contribution < -0.4 is 5.32 Å². The fourth-order valence-electron chi connectivity index (χ4n) is 1.89. The van der Waals surface area contributed by atoms with Crippen LogP contribution in [0, 0.1) is 0 Å². The van der Waals surface area contributed by atoms with E-state index in [4.69, 9.17) is 0 Å². The molecule has 0 saturated heterocycles. The Bertz CT molecular complexity index is 584. The number of hydrogen-bond donors (Lipinski definition) is 1. The Morgan fingerprint density at radius 3 is 2.68 bits per heavy atom. The Balaban J connectivity index is 2.04. The van der Waals surface area contributed by atoms with Crippen LogP contribution in [0.15, 0.2) is 47.2 Å². The Labute approximate surface area is 121 Å². The van der Waals surface area contributed by atoms with Gasteiger partial charge in [-0.15, -0.1) is 0 Å². The van der Waals surface area contributed by atoms with Crippen molar-refractivity contribution in [3.8, 4) is 0 Å². The first-order valence-electron chi connectivity index (χ1n) is 6.16. The Morgan fingerprint density at radius 2 is 2.00 bits per heavy atom. The van der Waals surface area contributed by atoms with E-state index in [-0.39, 0.29) is 5.91 Å². The summed E-state index contributed by atoms with van der Waals surface area (Å²) in [6.45, 7) is 2.65. The van der Waals surface area contributed by atoms with Crippen molar-refractivity contribution in [2.45, 2.75) is 19.9 Å². The maximum atomic E-state index is 12.0. The standard InChI is InChI=1S/C15H15BrN2O/c1-2-11-5-3-4-6-12(11)9-18-15(19)13-7-14(16)10-17-8-13/h3-8,10H,2,9H2,1H3,(H,18,19). The molecule has 0 saturated carbocycles. The number of hydrogen-bond acceptors (Lipinski definition) is 2. The lowest BCUT2D eigenvalue weighted by atomic mass is 10.1. The normalized spacial score (nSPS) is 10.2. The maximum Gasteiger partial charge on any atom is 0.253 e. The molecule has 1 aromatic heterocycles. The van der Waals surface area contributed by atoms with Crippen molar-refractivity contribution >= 4 is 21.8 Å². The minimum Gasteiger partial charge on any atom is -0.348 e. The number of carbonyl (C=O) groups is 1. The lowest BCUT2D eigenvalue weighted by molar-refractivity contribution is 0.0950. The topological polar surface area (TPSA) is 42.0 Å². The van der Waals surface area contributed by atoms with E-state index in [1.54, 1.807) is 18.5 Å². The molecule has 0 aliphatic heterocycles. The molecule has 0 unspecified atom stereocenters. The van der Waals surface area contributed by atoms with Gasteiger partial charge in [0.2, 0.25) is 0 Å². The Morgan fingerprint density at radius 1 is 1.26 bits per heavy atom. The molecule has 2 rings (SSSR count). The van der Waals surface area contributed by atoms with Crippen molar-refractivity contribution in [2.75, 3.05) is 0 Å². The van der Waals surface area contributed by atoms with Crippen LogP contribution in [0.3, 0.4) is 0 Å². The van der Waals surface area contributed by atoms with Crippen molar-refractivity contribution in [3.05, 3.63) is 63.9 Å². The highest BCUT2D eigenvalue weighted by Gasteiger charge is 2.07. The SMILES string of the molecule is CCc1ccccc1CNC(=O)c1cncc(Br)c1. The largest absolute Gasteiger partial charge is 0.348 e. The van der Waals surface area contributed by atoms with E-state index in [0.717, 1.165) is 16.5 Å². The summed E-state index contributed by atoms with van der Waals surface area (Å²) in [5.74, 6) is -0.111. The second kappa shape index (κ2) is 6.48. The van der Waals surface area contributed by atoms with Gasteiger partial charge in [-0.1, -0.05) is 31.2 Å². The number of halogens is 1. The van der Waals surface area contributed by atoms with Gasteiger partial charge >= 0.3 is 0 Å². The summed E-state index contributed by atoms with van der Waals surface area (Å²) in [6, 6.07) is 9.89. The van der Waals surface area contributed by atoms with Crippen LogP contribution in [0.2, 0.25) is 0 Å². The minimum absolute atomic E-state index is 0.111. The first-order chi connectivity index (χ1) is 9.20. The molecule has 1 N–H and O–H groups in total. The third-order valence-corrected chi connectivity index (χ3v) is 3.34. The van der Waals surface area contributed by atoms with Gasteiger partial charge in [0.15, 0.2) is 0 Å². The van der Waals surface area contributed by atoms with Gasteiger partial charge in [0.25, 0.3) is 5.91 Å². The number of rotatable bonds is 4. The molecule has 0 aliphatic rings. The third kappa shape index (κ3) is 3.64. The molecular weight excluding hydrogens is 304 g/mol. The lowest BCUT2D eigenvalue weighted by Gasteiger charge is -2.09. The highest BCUT2D eigenvalue weighted by Crippen LogP contribution is 2.11. The van der Waals surface area contributed by atoms with Crippen molar-refractivity contribution in [2.24, 2.45) is 0 Å². The third-order valence-electron chi connectivity index (χ3n) is 2.91. The molecule has 4 heteroatoms. The Kier molecular flexibility index (Phi) is 4.68. The summed E-state index contributed by atoms with van der Waals surface area (Å²) < 4.78 is 0.800. The molecule has 0 radical (unpaired) electrons. The number of nitrogens with zero attached hydrogens (tertiary/aromatic N) is 1. The minimum atomic E-state index is -0.111. The van der Waals surface area contributed by atoms with Crippen LogP contribution in [0.5, 0.6) is 0 Å². The zero-order chi connectivity index (χ0) is 13.7. The van der Waals surface area contributed by atoms with Gasteiger partial charge in [-0.25, -0.2) is 0 Å². The maximum absolute atomic E-state index is 12.0. The number of nitrogens with one attached hydrogen (secondary N) is 1. The quantitative estimate of drug-likeness (QED) is 0.939. The molecule has 98 valence electrons. The average molecular weight is 319 g/mol. The van der Waals surface area contributed by atoms with Crippen LogP contribution in [0.4, 0.5) is 0 Å². The molecule has 1 amide bonds. The van der Waals surface area contributed by atoms with E-state index >= 15 is 0 Å². The molecule has 0 spiro atoms. The van der Waals surface area contributed by atoms with Gasteiger partial charge in [-0.2, -0.15) is 0 Å². The van der Waals surface area contributed by atoms with Crippen molar-refractivity contribution < 1.29 is 4.79 Å². The van der Waals surface area contributed by atoms with Crippen molar-refractivity contribution in [1.29, 1.82) is 0 Å². The van der Waals surface area contributed by atoms with Gasteiger partial charge < -0.3 is 5.32 Å². The van der Waals surface area contributed by atoms with Crippen molar-refractivity contribution in [3.63, 3.8) is 0 Å². The average Bonchev–Trinajstić information content (AvgIpc) is 2.45. The summed E-state index contributed by atoms with van der Waals surface area (Å²) >= 11 is 3.31. The second-order valence-electron chi connectivity index (χ2n) is 4.20. The van der Waals surface area contributed by atoms with Gasteiger partial charge in [-0.3, -0.25) is 9.78 Å². The van der Waals surface area contributed by atoms with Crippen LogP contribution >= 0.6 is 15.9 Å². The highest BCUT2D eigenvalue weighted by atomic mass is 79.9. The van der Waals surface area contributed by atoms with Crippen LogP contribution in [-0.2, 0) is 13.0 Å². The molecular formula is C15H15BrN2O. The number of carbonyl (C=O) groups excluding carboxylic acids is 1. The van der Waals surface area contributed by atoms with Gasteiger partial charge in [0.1, 0.15) is 0 Å². The molecule has 0 fully saturated rings. The molecule has 3 nitrogen and oxygen atoms in total. The number of amides is 1. The molecule has 19 heavy (non-hydrogen) atoms. The van der Waals surface area contributed by atoms with Gasteiger partial charge in [-0.05, 0) is 39.5 Å². The fourth-order valence-corrected chi connectivity index (χ4v) is 2.25. The lowest BCUT2D eigenvalue weighted by Crippen LogP contribution is -2.23. The smallest absolute Gasteiger partial charge is 0.253 e. The number of aryl methyl sites for hydroxylation is 1. The van der Waals surface area contributed by atoms with Crippen LogP contribution in [0.1, 0.15) is 28.4 Å². The predicted octanol–water partition coefficient (Wildman–Crippen LogP) is 3.34. The molecule has 0 atom stereocenters. The van der Waals surface area contributed by atoms with E-state index in [1.165, 1.54) is 5.56 Å². The number of benzene rings is 1. The monoisotopic (exact) mass is 318 g/mol. The van der Waals surface area contributed by atoms with E-state index in [1.807, 2.05) is 18.2 Å². The first-order valence-corrected chi connectivity index (χ1v) is 6.95. The van der Waals surface area contributed by atoms with E-state index in [2.05, 4.69) is 39.2 Å². The highest BCUT2D eigenvalue weighted by molar-refractivity contribution is 9.10. The predicted molar refractivity (Wildman–Crippen MR) is 78.9 cm³/mol. The molecule has 1 heterocycles. The second-order valence-corrected chi connectivity index (χ2v) is 5.11. The molecule has 1 aromatic carbocycles. The molecule has 2 aromatic rings. The van der Waals surface area contributed by atoms with Crippen LogP contribution in [-0.4, -0.2) is 10.9 Å².